The van der Waals surface area contributed by atoms with E-state index < -0.39 is 10.0 Å². The van der Waals surface area contributed by atoms with E-state index in [9.17, 15) is 8.42 Å². The lowest BCUT2D eigenvalue weighted by Gasteiger charge is -2.08. The molecule has 0 aliphatic heterocycles. The van der Waals surface area contributed by atoms with Crippen LogP contribution in [0.5, 0.6) is 0 Å². The number of aromatic nitrogens is 2. The Morgan fingerprint density at radius 1 is 0.952 bits per heavy atom. The van der Waals surface area contributed by atoms with Gasteiger partial charge in [-0.3, -0.25) is 4.72 Å². The van der Waals surface area contributed by atoms with Crippen LogP contribution in [0.2, 0.25) is 0 Å². The van der Waals surface area contributed by atoms with Gasteiger partial charge in [-0.05, 0) is 41.4 Å². The summed E-state index contributed by atoms with van der Waals surface area (Å²) in [5.74, 6) is 0. The van der Waals surface area contributed by atoms with E-state index in [1.54, 1.807) is 48.7 Å². The molecule has 2 aromatic carbocycles. The van der Waals surface area contributed by atoms with E-state index >= 15 is 0 Å². The first-order valence-electron chi connectivity index (χ1n) is 6.11. The molecule has 0 atom stereocenters. The molecule has 0 aliphatic carbocycles. The van der Waals surface area contributed by atoms with Crippen molar-refractivity contribution in [1.29, 1.82) is 0 Å². The maximum Gasteiger partial charge on any atom is 0.261 e. The molecule has 7 heteroatoms. The summed E-state index contributed by atoms with van der Waals surface area (Å²) < 4.78 is 30.7. The number of benzene rings is 2. The molecule has 3 rings (SSSR count). The first kappa shape index (κ1) is 13.7. The number of nitrogens with one attached hydrogen (secondary N) is 1. The summed E-state index contributed by atoms with van der Waals surface area (Å²) in [4.78, 5) is 1.17. The first-order valence-corrected chi connectivity index (χ1v) is 8.36. The van der Waals surface area contributed by atoms with Gasteiger partial charge in [-0.15, -0.1) is 5.10 Å². The van der Waals surface area contributed by atoms with Crippen LogP contribution in [0.1, 0.15) is 0 Å². The third kappa shape index (κ3) is 3.09. The van der Waals surface area contributed by atoms with Crippen molar-refractivity contribution < 1.29 is 8.42 Å². The van der Waals surface area contributed by atoms with Gasteiger partial charge in [-0.2, -0.15) is 0 Å². The van der Waals surface area contributed by atoms with Gasteiger partial charge in [-0.1, -0.05) is 34.8 Å². The Bertz CT molecular complexity index is 814. The average Bonchev–Trinajstić information content (AvgIpc) is 3.03. The van der Waals surface area contributed by atoms with Gasteiger partial charge in [0, 0.05) is 5.69 Å². The second-order valence-electron chi connectivity index (χ2n) is 4.28. The highest BCUT2D eigenvalue weighted by Gasteiger charge is 2.13. The number of hydrogen-bond donors (Lipinski definition) is 1. The minimum atomic E-state index is -3.55. The molecule has 5 nitrogen and oxygen atoms in total. The molecule has 0 aliphatic rings. The van der Waals surface area contributed by atoms with Crippen LogP contribution in [0, 0.1) is 0 Å². The number of rotatable bonds is 4. The minimum absolute atomic E-state index is 0.237. The molecule has 106 valence electrons. The van der Waals surface area contributed by atoms with Crippen molar-refractivity contribution in [2.75, 3.05) is 4.72 Å². The molecule has 0 radical (unpaired) electrons. The largest absolute Gasteiger partial charge is 0.280 e. The smallest absolute Gasteiger partial charge is 0.261 e. The Labute approximate surface area is 126 Å². The summed E-state index contributed by atoms with van der Waals surface area (Å²) >= 11 is 1.29. The van der Waals surface area contributed by atoms with Crippen LogP contribution in [0.4, 0.5) is 5.69 Å². The summed E-state index contributed by atoms with van der Waals surface area (Å²) in [5.41, 5.74) is 1.47. The Hall–Kier alpha value is -2.25. The highest BCUT2D eigenvalue weighted by atomic mass is 32.2. The molecule has 0 spiro atoms. The van der Waals surface area contributed by atoms with Gasteiger partial charge in [0.25, 0.3) is 10.0 Å². The van der Waals surface area contributed by atoms with Crippen LogP contribution in [-0.4, -0.2) is 18.0 Å². The lowest BCUT2D eigenvalue weighted by molar-refractivity contribution is 0.601. The molecule has 21 heavy (non-hydrogen) atoms. The van der Waals surface area contributed by atoms with Crippen molar-refractivity contribution >= 4 is 27.2 Å². The summed E-state index contributed by atoms with van der Waals surface area (Å²) in [5, 5.41) is 3.78. The molecule has 0 unspecified atom stereocenters. The third-order valence-corrected chi connectivity index (χ3v) is 4.95. The summed E-state index contributed by atoms with van der Waals surface area (Å²) in [7, 11) is -3.55. The maximum absolute atomic E-state index is 12.2. The Kier molecular flexibility index (Phi) is 3.68. The second kappa shape index (κ2) is 5.63. The van der Waals surface area contributed by atoms with E-state index in [1.807, 2.05) is 12.1 Å². The van der Waals surface area contributed by atoms with Crippen LogP contribution < -0.4 is 4.72 Å². The molecule has 3 aromatic rings. The first-order chi connectivity index (χ1) is 10.1. The summed E-state index contributed by atoms with van der Waals surface area (Å²) in [6, 6.07) is 15.4. The van der Waals surface area contributed by atoms with Crippen molar-refractivity contribution in [3.05, 3.63) is 60.8 Å². The van der Waals surface area contributed by atoms with Gasteiger partial charge in [0.1, 0.15) is 0 Å². The zero-order valence-corrected chi connectivity index (χ0v) is 12.4. The molecular formula is C14H11N3O2S2. The van der Waals surface area contributed by atoms with E-state index in [4.69, 9.17) is 0 Å². The van der Waals surface area contributed by atoms with Gasteiger partial charge in [0.05, 0.1) is 16.0 Å². The van der Waals surface area contributed by atoms with E-state index in [1.165, 1.54) is 11.5 Å². The zero-order valence-electron chi connectivity index (χ0n) is 10.8. The quantitative estimate of drug-likeness (QED) is 0.803. The van der Waals surface area contributed by atoms with Crippen LogP contribution in [-0.2, 0) is 10.0 Å². The predicted molar refractivity (Wildman–Crippen MR) is 82.6 cm³/mol. The SMILES string of the molecule is O=S(=O)(Nc1ccc(-c2cnns2)cc1)c1ccccc1. The molecule has 0 fully saturated rings. The fourth-order valence-corrected chi connectivity index (χ4v) is 3.41. The topological polar surface area (TPSA) is 72.0 Å². The zero-order chi connectivity index (χ0) is 14.7. The number of sulfonamides is 1. The lowest BCUT2D eigenvalue weighted by atomic mass is 10.2. The fourth-order valence-electron chi connectivity index (χ4n) is 1.81. The minimum Gasteiger partial charge on any atom is -0.280 e. The predicted octanol–water partition coefficient (Wildman–Crippen LogP) is 3.01. The average molecular weight is 317 g/mol. The second-order valence-corrected chi connectivity index (χ2v) is 6.75. The maximum atomic E-state index is 12.2. The van der Waals surface area contributed by atoms with Crippen molar-refractivity contribution in [1.82, 2.24) is 9.59 Å². The Morgan fingerprint density at radius 2 is 1.67 bits per heavy atom. The molecule has 1 heterocycles. The van der Waals surface area contributed by atoms with E-state index in [2.05, 4.69) is 14.3 Å². The standard InChI is InChI=1S/C14H11N3O2S2/c18-21(19,13-4-2-1-3-5-13)16-12-8-6-11(7-9-12)14-10-15-17-20-14/h1-10,16H. The fraction of sp³-hybridized carbons (Fsp3) is 0. The van der Waals surface area contributed by atoms with Crippen LogP contribution >= 0.6 is 11.5 Å². The molecule has 1 N–H and O–H groups in total. The molecule has 0 saturated carbocycles. The van der Waals surface area contributed by atoms with Crippen molar-refractivity contribution in [3.8, 4) is 10.4 Å². The van der Waals surface area contributed by atoms with Crippen LogP contribution in [0.3, 0.4) is 0 Å². The molecule has 0 amide bonds. The highest BCUT2D eigenvalue weighted by molar-refractivity contribution is 7.92. The number of hydrogen-bond acceptors (Lipinski definition) is 5. The van der Waals surface area contributed by atoms with Gasteiger partial charge in [0.2, 0.25) is 0 Å². The van der Waals surface area contributed by atoms with Gasteiger partial charge in [-0.25, -0.2) is 8.42 Å². The van der Waals surface area contributed by atoms with Crippen molar-refractivity contribution in [2.45, 2.75) is 4.90 Å². The van der Waals surface area contributed by atoms with Gasteiger partial charge in [0.15, 0.2) is 0 Å². The van der Waals surface area contributed by atoms with Gasteiger partial charge >= 0.3 is 0 Å². The monoisotopic (exact) mass is 317 g/mol. The van der Waals surface area contributed by atoms with Crippen LogP contribution in [0.15, 0.2) is 65.7 Å². The van der Waals surface area contributed by atoms with Crippen molar-refractivity contribution in [2.24, 2.45) is 0 Å². The highest BCUT2D eigenvalue weighted by Crippen LogP contribution is 2.24. The van der Waals surface area contributed by atoms with E-state index in [0.717, 1.165) is 10.4 Å². The molecule has 0 saturated heterocycles. The van der Waals surface area contributed by atoms with E-state index in [-0.39, 0.29) is 4.90 Å². The van der Waals surface area contributed by atoms with Crippen molar-refractivity contribution in [3.63, 3.8) is 0 Å². The molecule has 1 aromatic heterocycles. The number of anilines is 1. The summed E-state index contributed by atoms with van der Waals surface area (Å²) in [6.45, 7) is 0. The summed E-state index contributed by atoms with van der Waals surface area (Å²) in [6.07, 6.45) is 1.67. The third-order valence-electron chi connectivity index (χ3n) is 2.84. The van der Waals surface area contributed by atoms with Gasteiger partial charge < -0.3 is 0 Å². The van der Waals surface area contributed by atoms with E-state index in [0.29, 0.717) is 5.69 Å². The Balaban J connectivity index is 1.83. The lowest BCUT2D eigenvalue weighted by Crippen LogP contribution is -2.12. The Morgan fingerprint density at radius 3 is 2.29 bits per heavy atom. The molecule has 0 bridgehead atoms. The normalized spacial score (nSPS) is 11.2. The number of nitrogens with zero attached hydrogens (tertiary/aromatic N) is 2. The molecular weight excluding hydrogens is 306 g/mol. The van der Waals surface area contributed by atoms with Crippen LogP contribution in [0.25, 0.3) is 10.4 Å².